The van der Waals surface area contributed by atoms with Crippen LogP contribution in [-0.2, 0) is 6.54 Å². The molecule has 0 aliphatic heterocycles. The first-order valence-corrected chi connectivity index (χ1v) is 8.47. The first-order valence-electron chi connectivity index (χ1n) is 6.81. The van der Waals surface area contributed by atoms with E-state index in [4.69, 9.17) is 11.6 Å². The lowest BCUT2D eigenvalue weighted by molar-refractivity contribution is 0.276. The molecular weight excluding hydrogens is 306 g/mol. The van der Waals surface area contributed by atoms with Crippen LogP contribution >= 0.6 is 23.4 Å². The molecule has 0 aliphatic rings. The number of aliphatic hydroxyl groups is 1. The van der Waals surface area contributed by atoms with Crippen LogP contribution in [0.4, 0.5) is 0 Å². The molecule has 21 heavy (non-hydrogen) atoms. The molecule has 0 fully saturated rings. The third-order valence-corrected chi connectivity index (χ3v) is 4.88. The van der Waals surface area contributed by atoms with Gasteiger partial charge >= 0.3 is 0 Å². The zero-order valence-corrected chi connectivity index (χ0v) is 13.7. The molecule has 0 saturated heterocycles. The van der Waals surface area contributed by atoms with Crippen molar-refractivity contribution in [3.8, 4) is 11.3 Å². The van der Waals surface area contributed by atoms with E-state index in [1.165, 1.54) is 0 Å². The minimum Gasteiger partial charge on any atom is -0.395 e. The second-order valence-corrected chi connectivity index (χ2v) is 6.42. The normalized spacial score (nSPS) is 14.1. The predicted octanol–water partition coefficient (Wildman–Crippen LogP) is 2.93. The minimum atomic E-state index is 0.169. The number of rotatable bonds is 7. The molecule has 114 valence electrons. The van der Waals surface area contributed by atoms with Crippen molar-refractivity contribution in [3.05, 3.63) is 41.0 Å². The molecule has 4 nitrogen and oxygen atoms in total. The molecule has 0 bridgehead atoms. The van der Waals surface area contributed by atoms with E-state index in [1.54, 1.807) is 11.8 Å². The van der Waals surface area contributed by atoms with Gasteiger partial charge in [0.05, 0.1) is 18.5 Å². The van der Waals surface area contributed by atoms with Crippen molar-refractivity contribution >= 4 is 23.4 Å². The quantitative estimate of drug-likeness (QED) is 0.732. The Bertz CT molecular complexity index is 572. The number of hydrogen-bond donors (Lipinski definition) is 3. The first-order chi connectivity index (χ1) is 10.2. The van der Waals surface area contributed by atoms with E-state index in [1.807, 2.05) is 36.7 Å². The zero-order chi connectivity index (χ0) is 15.2. The van der Waals surface area contributed by atoms with Gasteiger partial charge < -0.3 is 10.4 Å². The molecule has 2 rings (SSSR count). The summed E-state index contributed by atoms with van der Waals surface area (Å²) in [5.74, 6) is 0. The van der Waals surface area contributed by atoms with Crippen LogP contribution in [0.1, 0.15) is 12.5 Å². The molecule has 1 aromatic heterocycles. The SMILES string of the molecule is CSC(CO)C(C)NCc1cn[nH]c1-c1cccc(Cl)c1. The molecule has 0 saturated carbocycles. The highest BCUT2D eigenvalue weighted by Crippen LogP contribution is 2.24. The van der Waals surface area contributed by atoms with Crippen LogP contribution < -0.4 is 5.32 Å². The molecule has 6 heteroatoms. The van der Waals surface area contributed by atoms with Gasteiger partial charge in [-0.05, 0) is 25.3 Å². The van der Waals surface area contributed by atoms with Crippen LogP contribution in [0.25, 0.3) is 11.3 Å². The van der Waals surface area contributed by atoms with Gasteiger partial charge in [0.1, 0.15) is 0 Å². The van der Waals surface area contributed by atoms with E-state index in [9.17, 15) is 5.11 Å². The maximum atomic E-state index is 9.32. The molecule has 2 unspecified atom stereocenters. The van der Waals surface area contributed by atoms with Crippen molar-refractivity contribution in [1.82, 2.24) is 15.5 Å². The summed E-state index contributed by atoms with van der Waals surface area (Å²) >= 11 is 7.70. The van der Waals surface area contributed by atoms with Crippen LogP contribution in [0.3, 0.4) is 0 Å². The standard InChI is InChI=1S/C15H20ClN3OS/c1-10(14(9-20)21-2)17-7-12-8-18-19-15(12)11-4-3-5-13(16)6-11/h3-6,8,10,14,17,20H,7,9H2,1-2H3,(H,18,19). The smallest absolute Gasteiger partial charge is 0.0695 e. The lowest BCUT2D eigenvalue weighted by atomic mass is 10.1. The number of aromatic nitrogens is 2. The molecule has 0 radical (unpaired) electrons. The number of aromatic amines is 1. The summed E-state index contributed by atoms with van der Waals surface area (Å²) in [7, 11) is 0. The second kappa shape index (κ2) is 7.84. The number of nitrogens with one attached hydrogen (secondary N) is 2. The summed E-state index contributed by atoms with van der Waals surface area (Å²) in [6.45, 7) is 2.94. The fourth-order valence-electron chi connectivity index (χ4n) is 2.18. The monoisotopic (exact) mass is 325 g/mol. The van der Waals surface area contributed by atoms with Gasteiger partial charge in [0.15, 0.2) is 0 Å². The maximum Gasteiger partial charge on any atom is 0.0695 e. The van der Waals surface area contributed by atoms with Gasteiger partial charge in [-0.2, -0.15) is 16.9 Å². The number of aliphatic hydroxyl groups excluding tert-OH is 1. The Morgan fingerprint density at radius 2 is 2.29 bits per heavy atom. The molecule has 3 N–H and O–H groups in total. The summed E-state index contributed by atoms with van der Waals surface area (Å²) < 4.78 is 0. The summed E-state index contributed by atoms with van der Waals surface area (Å²) in [5, 5.41) is 20.8. The maximum absolute atomic E-state index is 9.32. The fourth-order valence-corrected chi connectivity index (χ4v) is 3.02. The van der Waals surface area contributed by atoms with Crippen molar-refractivity contribution in [2.45, 2.75) is 24.8 Å². The number of benzene rings is 1. The van der Waals surface area contributed by atoms with Crippen molar-refractivity contribution in [2.75, 3.05) is 12.9 Å². The number of nitrogens with zero attached hydrogens (tertiary/aromatic N) is 1. The molecule has 0 spiro atoms. The molecule has 2 aromatic rings. The largest absolute Gasteiger partial charge is 0.395 e. The van der Waals surface area contributed by atoms with Crippen molar-refractivity contribution < 1.29 is 5.11 Å². The second-order valence-electron chi connectivity index (χ2n) is 4.91. The van der Waals surface area contributed by atoms with E-state index in [2.05, 4.69) is 22.4 Å². The average molecular weight is 326 g/mol. The molecule has 2 atom stereocenters. The van der Waals surface area contributed by atoms with Crippen molar-refractivity contribution in [1.29, 1.82) is 0 Å². The molecule has 0 aliphatic carbocycles. The van der Waals surface area contributed by atoms with E-state index >= 15 is 0 Å². The molecule has 1 heterocycles. The van der Waals surface area contributed by atoms with Gasteiger partial charge in [-0.15, -0.1) is 0 Å². The Morgan fingerprint density at radius 3 is 2.95 bits per heavy atom. The van der Waals surface area contributed by atoms with Crippen LogP contribution in [-0.4, -0.2) is 39.5 Å². The van der Waals surface area contributed by atoms with Gasteiger partial charge in [0.25, 0.3) is 0 Å². The van der Waals surface area contributed by atoms with Crippen LogP contribution in [0.5, 0.6) is 0 Å². The lowest BCUT2D eigenvalue weighted by Crippen LogP contribution is -2.37. The highest BCUT2D eigenvalue weighted by atomic mass is 35.5. The van der Waals surface area contributed by atoms with Gasteiger partial charge in [0.2, 0.25) is 0 Å². The summed E-state index contributed by atoms with van der Waals surface area (Å²) in [4.78, 5) is 0. The third kappa shape index (κ3) is 4.23. The van der Waals surface area contributed by atoms with Gasteiger partial charge in [-0.25, -0.2) is 0 Å². The number of thioether (sulfide) groups is 1. The predicted molar refractivity (Wildman–Crippen MR) is 89.7 cm³/mol. The minimum absolute atomic E-state index is 0.169. The highest BCUT2D eigenvalue weighted by molar-refractivity contribution is 7.99. The fraction of sp³-hybridized carbons (Fsp3) is 0.400. The third-order valence-electron chi connectivity index (χ3n) is 3.49. The Hall–Kier alpha value is -1.01. The lowest BCUT2D eigenvalue weighted by Gasteiger charge is -2.21. The number of H-pyrrole nitrogens is 1. The van der Waals surface area contributed by atoms with Crippen molar-refractivity contribution in [3.63, 3.8) is 0 Å². The van der Waals surface area contributed by atoms with E-state index in [0.717, 1.165) is 16.8 Å². The van der Waals surface area contributed by atoms with Crippen molar-refractivity contribution in [2.24, 2.45) is 0 Å². The van der Waals surface area contributed by atoms with Crippen LogP contribution in [0.15, 0.2) is 30.5 Å². The Kier molecular flexibility index (Phi) is 6.11. The molecule has 1 aromatic carbocycles. The van der Waals surface area contributed by atoms with Crippen LogP contribution in [0.2, 0.25) is 5.02 Å². The summed E-state index contributed by atoms with van der Waals surface area (Å²) in [6.07, 6.45) is 3.83. The van der Waals surface area contributed by atoms with E-state index in [-0.39, 0.29) is 17.9 Å². The summed E-state index contributed by atoms with van der Waals surface area (Å²) in [5.41, 5.74) is 3.08. The van der Waals surface area contributed by atoms with Crippen LogP contribution in [0, 0.1) is 0 Å². The average Bonchev–Trinajstić information content (AvgIpc) is 2.95. The summed E-state index contributed by atoms with van der Waals surface area (Å²) in [6, 6.07) is 7.91. The first kappa shape index (κ1) is 16.4. The van der Waals surface area contributed by atoms with E-state index < -0.39 is 0 Å². The zero-order valence-electron chi connectivity index (χ0n) is 12.1. The number of halogens is 1. The Morgan fingerprint density at radius 1 is 1.48 bits per heavy atom. The topological polar surface area (TPSA) is 60.9 Å². The molecular formula is C15H20ClN3OS. The Balaban J connectivity index is 2.07. The Labute approximate surface area is 134 Å². The van der Waals surface area contributed by atoms with Gasteiger partial charge in [-0.1, -0.05) is 23.7 Å². The van der Waals surface area contributed by atoms with Gasteiger partial charge in [-0.3, -0.25) is 5.10 Å². The number of hydrogen-bond acceptors (Lipinski definition) is 4. The molecule has 0 amide bonds. The van der Waals surface area contributed by atoms with Gasteiger partial charge in [0, 0.05) is 34.0 Å². The highest BCUT2D eigenvalue weighted by Gasteiger charge is 2.16. The van der Waals surface area contributed by atoms with E-state index in [0.29, 0.717) is 11.6 Å².